The predicted octanol–water partition coefficient (Wildman–Crippen LogP) is 2.22. The van der Waals surface area contributed by atoms with Crippen LogP contribution in [0.5, 0.6) is 11.5 Å². The number of methoxy groups -OCH3 is 2. The molecule has 1 aromatic carbocycles. The number of ether oxygens (including phenoxy) is 2. The lowest BCUT2D eigenvalue weighted by Gasteiger charge is -2.11. The van der Waals surface area contributed by atoms with E-state index in [4.69, 9.17) is 9.47 Å². The van der Waals surface area contributed by atoms with E-state index in [9.17, 15) is 4.79 Å². The van der Waals surface area contributed by atoms with E-state index in [0.29, 0.717) is 17.2 Å². The van der Waals surface area contributed by atoms with Crippen LogP contribution in [0, 0.1) is 0 Å². The van der Waals surface area contributed by atoms with Crippen LogP contribution in [-0.4, -0.2) is 26.0 Å². The maximum atomic E-state index is 11.5. The average Bonchev–Trinajstić information content (AvgIpc) is 2.36. The molecule has 0 bridgehead atoms. The van der Waals surface area contributed by atoms with Crippen molar-refractivity contribution in [3.05, 3.63) is 18.2 Å². The Hall–Kier alpha value is -2.24. The number of nitrogens with one attached hydrogen (secondary N) is 2. The quantitative estimate of drug-likeness (QED) is 0.636. The van der Waals surface area contributed by atoms with Gasteiger partial charge in [-0.25, -0.2) is 10.2 Å². The van der Waals surface area contributed by atoms with Crippen LogP contribution in [0.1, 0.15) is 13.8 Å². The molecule has 18 heavy (non-hydrogen) atoms. The minimum absolute atomic E-state index is 0.431. The lowest BCUT2D eigenvalue weighted by atomic mass is 10.2. The Labute approximate surface area is 106 Å². The first-order chi connectivity index (χ1) is 8.56. The number of hydrogen-bond donors (Lipinski definition) is 2. The fourth-order valence-electron chi connectivity index (χ4n) is 1.21. The van der Waals surface area contributed by atoms with Crippen molar-refractivity contribution in [3.63, 3.8) is 0 Å². The molecular formula is C12H17N3O3. The highest BCUT2D eigenvalue weighted by molar-refractivity contribution is 5.92. The summed E-state index contributed by atoms with van der Waals surface area (Å²) >= 11 is 0. The third-order valence-electron chi connectivity index (χ3n) is 2.04. The van der Waals surface area contributed by atoms with Crippen molar-refractivity contribution in [3.8, 4) is 11.5 Å². The highest BCUT2D eigenvalue weighted by atomic mass is 16.5. The summed E-state index contributed by atoms with van der Waals surface area (Å²) in [5, 5.41) is 6.43. The molecule has 6 heteroatoms. The second-order valence-corrected chi connectivity index (χ2v) is 3.69. The molecular weight excluding hydrogens is 234 g/mol. The Kier molecular flexibility index (Phi) is 4.98. The molecule has 0 spiro atoms. The molecule has 98 valence electrons. The zero-order valence-corrected chi connectivity index (χ0v) is 10.9. The molecule has 0 heterocycles. The number of nitrogens with zero attached hydrogens (tertiary/aromatic N) is 1. The maximum Gasteiger partial charge on any atom is 0.339 e. The number of urea groups is 1. The molecule has 0 aromatic heterocycles. The molecule has 6 nitrogen and oxygen atoms in total. The minimum atomic E-state index is -0.431. The zero-order chi connectivity index (χ0) is 13.5. The summed E-state index contributed by atoms with van der Waals surface area (Å²) in [6.07, 6.45) is 0. The molecule has 2 N–H and O–H groups in total. The smallest absolute Gasteiger partial charge is 0.339 e. The molecule has 1 aromatic rings. The van der Waals surface area contributed by atoms with E-state index in [1.807, 2.05) is 0 Å². The van der Waals surface area contributed by atoms with Crippen molar-refractivity contribution in [1.29, 1.82) is 0 Å². The van der Waals surface area contributed by atoms with Gasteiger partial charge in [-0.2, -0.15) is 5.10 Å². The van der Waals surface area contributed by atoms with Crippen LogP contribution >= 0.6 is 0 Å². The van der Waals surface area contributed by atoms with Crippen molar-refractivity contribution in [1.82, 2.24) is 5.43 Å². The third-order valence-corrected chi connectivity index (χ3v) is 2.04. The van der Waals surface area contributed by atoms with Crippen LogP contribution in [0.2, 0.25) is 0 Å². The standard InChI is InChI=1S/C12H17N3O3/c1-8(2)14-15-12(16)13-10-6-5-9(17-3)7-11(10)18-4/h5-7H,1-4H3,(H2,13,15,16). The topological polar surface area (TPSA) is 72.0 Å². The van der Waals surface area contributed by atoms with Crippen LogP contribution in [-0.2, 0) is 0 Å². The number of benzene rings is 1. The van der Waals surface area contributed by atoms with E-state index in [0.717, 1.165) is 5.71 Å². The van der Waals surface area contributed by atoms with Gasteiger partial charge in [-0.15, -0.1) is 0 Å². The number of rotatable bonds is 4. The molecule has 0 fully saturated rings. The van der Waals surface area contributed by atoms with E-state index in [1.54, 1.807) is 39.2 Å². The second kappa shape index (κ2) is 6.48. The van der Waals surface area contributed by atoms with Crippen LogP contribution < -0.4 is 20.2 Å². The molecule has 0 saturated carbocycles. The van der Waals surface area contributed by atoms with Crippen LogP contribution in [0.15, 0.2) is 23.3 Å². The molecule has 0 radical (unpaired) electrons. The van der Waals surface area contributed by atoms with Gasteiger partial charge in [0.25, 0.3) is 0 Å². The number of hydrazone groups is 1. The zero-order valence-electron chi connectivity index (χ0n) is 10.9. The SMILES string of the molecule is COc1ccc(NC(=O)NN=C(C)C)c(OC)c1. The fourth-order valence-corrected chi connectivity index (χ4v) is 1.21. The van der Waals surface area contributed by atoms with E-state index in [2.05, 4.69) is 15.8 Å². The van der Waals surface area contributed by atoms with Gasteiger partial charge in [0.2, 0.25) is 0 Å². The summed E-state index contributed by atoms with van der Waals surface area (Å²) in [7, 11) is 3.08. The summed E-state index contributed by atoms with van der Waals surface area (Å²) in [4.78, 5) is 11.5. The van der Waals surface area contributed by atoms with Gasteiger partial charge in [0.05, 0.1) is 19.9 Å². The van der Waals surface area contributed by atoms with Gasteiger partial charge in [0.15, 0.2) is 0 Å². The van der Waals surface area contributed by atoms with Gasteiger partial charge in [-0.3, -0.25) is 0 Å². The molecule has 0 aliphatic heterocycles. The Balaban J connectivity index is 2.77. The highest BCUT2D eigenvalue weighted by Crippen LogP contribution is 2.28. The Morgan fingerprint density at radius 3 is 2.50 bits per heavy atom. The van der Waals surface area contributed by atoms with Crippen LogP contribution in [0.3, 0.4) is 0 Å². The fraction of sp³-hybridized carbons (Fsp3) is 0.333. The van der Waals surface area contributed by atoms with Crippen molar-refractivity contribution < 1.29 is 14.3 Å². The minimum Gasteiger partial charge on any atom is -0.497 e. The van der Waals surface area contributed by atoms with E-state index in [-0.39, 0.29) is 0 Å². The van der Waals surface area contributed by atoms with Crippen molar-refractivity contribution in [2.45, 2.75) is 13.8 Å². The van der Waals surface area contributed by atoms with Crippen molar-refractivity contribution in [2.75, 3.05) is 19.5 Å². The summed E-state index contributed by atoms with van der Waals surface area (Å²) in [5.74, 6) is 1.17. The summed E-state index contributed by atoms with van der Waals surface area (Å²) in [6.45, 7) is 3.57. The highest BCUT2D eigenvalue weighted by Gasteiger charge is 2.07. The summed E-state index contributed by atoms with van der Waals surface area (Å²) in [5.41, 5.74) is 3.66. The number of amides is 2. The summed E-state index contributed by atoms with van der Waals surface area (Å²) < 4.78 is 10.2. The maximum absolute atomic E-state index is 11.5. The predicted molar refractivity (Wildman–Crippen MR) is 70.5 cm³/mol. The molecule has 1 rings (SSSR count). The first-order valence-corrected chi connectivity index (χ1v) is 5.36. The monoisotopic (exact) mass is 251 g/mol. The first-order valence-electron chi connectivity index (χ1n) is 5.36. The molecule has 0 aliphatic rings. The van der Waals surface area contributed by atoms with Crippen molar-refractivity contribution >= 4 is 17.4 Å². The van der Waals surface area contributed by atoms with E-state index >= 15 is 0 Å². The van der Waals surface area contributed by atoms with Gasteiger partial charge in [-0.1, -0.05) is 0 Å². The largest absolute Gasteiger partial charge is 0.497 e. The lowest BCUT2D eigenvalue weighted by Crippen LogP contribution is -2.25. The normalized spacial score (nSPS) is 9.33. The lowest BCUT2D eigenvalue weighted by molar-refractivity contribution is 0.252. The van der Waals surface area contributed by atoms with E-state index in [1.165, 1.54) is 7.11 Å². The van der Waals surface area contributed by atoms with Gasteiger partial charge in [0, 0.05) is 11.8 Å². The third kappa shape index (κ3) is 3.97. The number of carbonyl (C=O) groups excluding carboxylic acids is 1. The Morgan fingerprint density at radius 2 is 1.94 bits per heavy atom. The average molecular weight is 251 g/mol. The van der Waals surface area contributed by atoms with E-state index < -0.39 is 6.03 Å². The number of anilines is 1. The van der Waals surface area contributed by atoms with Gasteiger partial charge >= 0.3 is 6.03 Å². The number of hydrogen-bond acceptors (Lipinski definition) is 4. The Bertz CT molecular complexity index is 454. The molecule has 0 aliphatic carbocycles. The van der Waals surface area contributed by atoms with Crippen LogP contribution in [0.25, 0.3) is 0 Å². The Morgan fingerprint density at radius 1 is 1.22 bits per heavy atom. The summed E-state index contributed by atoms with van der Waals surface area (Å²) in [6, 6.07) is 4.68. The van der Waals surface area contributed by atoms with Gasteiger partial charge in [0.1, 0.15) is 11.5 Å². The number of carbonyl (C=O) groups is 1. The van der Waals surface area contributed by atoms with Gasteiger partial charge < -0.3 is 14.8 Å². The van der Waals surface area contributed by atoms with Crippen LogP contribution in [0.4, 0.5) is 10.5 Å². The van der Waals surface area contributed by atoms with Crippen molar-refractivity contribution in [2.24, 2.45) is 5.10 Å². The second-order valence-electron chi connectivity index (χ2n) is 3.69. The molecule has 2 amide bonds. The first kappa shape index (κ1) is 13.8. The van der Waals surface area contributed by atoms with Gasteiger partial charge in [-0.05, 0) is 26.0 Å². The molecule has 0 atom stereocenters. The molecule has 0 unspecified atom stereocenters. The molecule has 0 saturated heterocycles.